The van der Waals surface area contributed by atoms with Crippen LogP contribution in [-0.2, 0) is 4.74 Å². The molecule has 2 heteroatoms. The average Bonchev–Trinajstić information content (AvgIpc) is 2.92. The minimum absolute atomic E-state index is 0.778. The minimum atomic E-state index is 0.778. The highest BCUT2D eigenvalue weighted by Gasteiger charge is 1.90. The number of aliphatic imine (C=N–C) groups is 1. The first-order valence-electron chi connectivity index (χ1n) is 7.51. The molecule has 0 unspecified atom stereocenters. The Labute approximate surface area is 108 Å². The van der Waals surface area contributed by atoms with E-state index in [1.807, 2.05) is 0 Å². The second-order valence-corrected chi connectivity index (χ2v) is 4.71. The van der Waals surface area contributed by atoms with E-state index in [0.29, 0.717) is 0 Å². The molecule has 1 rings (SSSR count). The molecular weight excluding hydrogens is 210 g/mol. The Morgan fingerprint density at radius 1 is 0.824 bits per heavy atom. The SMILES string of the molecule is C1=NCCO1.CCCCCCCCCCCC. The molecule has 1 aliphatic rings. The Bertz CT molecular complexity index is 141. The van der Waals surface area contributed by atoms with E-state index in [2.05, 4.69) is 23.6 Å². The monoisotopic (exact) mass is 241 g/mol. The summed E-state index contributed by atoms with van der Waals surface area (Å²) >= 11 is 0. The summed E-state index contributed by atoms with van der Waals surface area (Å²) in [6.07, 6.45) is 15.9. The van der Waals surface area contributed by atoms with Crippen LogP contribution < -0.4 is 0 Å². The van der Waals surface area contributed by atoms with Crippen LogP contribution >= 0.6 is 0 Å². The van der Waals surface area contributed by atoms with Crippen LogP contribution in [0.25, 0.3) is 0 Å². The van der Waals surface area contributed by atoms with Crippen molar-refractivity contribution in [3.63, 3.8) is 0 Å². The fourth-order valence-electron chi connectivity index (χ4n) is 1.82. The van der Waals surface area contributed by atoms with Crippen molar-refractivity contribution in [2.24, 2.45) is 4.99 Å². The van der Waals surface area contributed by atoms with Crippen LogP contribution in [0, 0.1) is 0 Å². The van der Waals surface area contributed by atoms with Crippen LogP contribution in [0.4, 0.5) is 0 Å². The van der Waals surface area contributed by atoms with Gasteiger partial charge in [-0.2, -0.15) is 0 Å². The highest BCUT2D eigenvalue weighted by molar-refractivity contribution is 5.47. The van der Waals surface area contributed by atoms with Gasteiger partial charge in [-0.3, -0.25) is 4.99 Å². The summed E-state index contributed by atoms with van der Waals surface area (Å²) in [4.78, 5) is 3.74. The Hall–Kier alpha value is -0.530. The highest BCUT2D eigenvalue weighted by Crippen LogP contribution is 2.09. The predicted octanol–water partition coefficient (Wildman–Crippen LogP) is 4.97. The van der Waals surface area contributed by atoms with Gasteiger partial charge in [-0.1, -0.05) is 78.1 Å². The summed E-state index contributed by atoms with van der Waals surface area (Å²) in [5, 5.41) is 0. The molecule has 1 aliphatic heterocycles. The zero-order valence-electron chi connectivity index (χ0n) is 11.9. The molecule has 0 fully saturated rings. The van der Waals surface area contributed by atoms with Gasteiger partial charge in [0.25, 0.3) is 0 Å². The zero-order chi connectivity index (χ0) is 12.6. The third-order valence-corrected chi connectivity index (χ3v) is 2.94. The summed E-state index contributed by atoms with van der Waals surface area (Å²) < 4.78 is 4.65. The molecule has 0 bridgehead atoms. The maximum absolute atomic E-state index is 4.65. The van der Waals surface area contributed by atoms with E-state index >= 15 is 0 Å². The first-order chi connectivity index (χ1) is 8.41. The Morgan fingerprint density at radius 3 is 1.53 bits per heavy atom. The molecule has 0 saturated carbocycles. The molecule has 17 heavy (non-hydrogen) atoms. The smallest absolute Gasteiger partial charge is 0.169 e. The molecule has 0 amide bonds. The van der Waals surface area contributed by atoms with E-state index in [9.17, 15) is 0 Å². The lowest BCUT2D eigenvalue weighted by atomic mass is 10.1. The fraction of sp³-hybridized carbons (Fsp3) is 0.933. The molecular formula is C15H31NO. The normalized spacial score (nSPS) is 13.1. The summed E-state index contributed by atoms with van der Waals surface area (Å²) in [5.41, 5.74) is 0. The van der Waals surface area contributed by atoms with Gasteiger partial charge in [-0.25, -0.2) is 0 Å². The van der Waals surface area contributed by atoms with Gasteiger partial charge in [0, 0.05) is 0 Å². The summed E-state index contributed by atoms with van der Waals surface area (Å²) in [7, 11) is 0. The molecule has 0 N–H and O–H groups in total. The predicted molar refractivity (Wildman–Crippen MR) is 76.8 cm³/mol. The maximum Gasteiger partial charge on any atom is 0.169 e. The minimum Gasteiger partial charge on any atom is -0.482 e. The molecule has 0 aromatic carbocycles. The molecule has 102 valence electrons. The van der Waals surface area contributed by atoms with E-state index in [1.165, 1.54) is 70.6 Å². The third kappa shape index (κ3) is 15.5. The second kappa shape index (κ2) is 15.5. The van der Waals surface area contributed by atoms with E-state index in [4.69, 9.17) is 0 Å². The quantitative estimate of drug-likeness (QED) is 0.522. The first-order valence-corrected chi connectivity index (χ1v) is 7.51. The zero-order valence-corrected chi connectivity index (χ0v) is 11.9. The van der Waals surface area contributed by atoms with E-state index in [0.717, 1.165) is 13.2 Å². The molecule has 0 atom stereocenters. The van der Waals surface area contributed by atoms with Crippen molar-refractivity contribution in [2.45, 2.75) is 78.1 Å². The standard InChI is InChI=1S/C12H26.C3H5NO/c1-3-5-7-9-11-12-10-8-6-4-2;1-2-5-3-4-1/h3-12H2,1-2H3;3H,1-2H2. The topological polar surface area (TPSA) is 21.6 Å². The van der Waals surface area contributed by atoms with Crippen LogP contribution in [0.2, 0.25) is 0 Å². The molecule has 2 nitrogen and oxygen atoms in total. The molecule has 0 saturated heterocycles. The fourth-order valence-corrected chi connectivity index (χ4v) is 1.82. The van der Waals surface area contributed by atoms with Crippen molar-refractivity contribution in [1.82, 2.24) is 0 Å². The van der Waals surface area contributed by atoms with Gasteiger partial charge in [0.2, 0.25) is 0 Å². The molecule has 0 radical (unpaired) electrons. The summed E-state index contributed by atoms with van der Waals surface area (Å²) in [6.45, 7) is 6.18. The molecule has 0 aromatic rings. The van der Waals surface area contributed by atoms with Gasteiger partial charge in [-0.05, 0) is 0 Å². The van der Waals surface area contributed by atoms with Gasteiger partial charge in [-0.15, -0.1) is 0 Å². The van der Waals surface area contributed by atoms with Crippen LogP contribution in [0.3, 0.4) is 0 Å². The Kier molecular flexibility index (Phi) is 15.0. The number of unbranched alkanes of at least 4 members (excludes halogenated alkanes) is 9. The highest BCUT2D eigenvalue weighted by atomic mass is 16.5. The van der Waals surface area contributed by atoms with Crippen LogP contribution in [-0.4, -0.2) is 19.6 Å². The summed E-state index contributed by atoms with van der Waals surface area (Å²) in [6, 6.07) is 0. The lowest BCUT2D eigenvalue weighted by Gasteiger charge is -1.99. The molecule has 1 heterocycles. The number of nitrogens with zero attached hydrogens (tertiary/aromatic N) is 1. The largest absolute Gasteiger partial charge is 0.482 e. The second-order valence-electron chi connectivity index (χ2n) is 4.71. The van der Waals surface area contributed by atoms with Crippen molar-refractivity contribution in [2.75, 3.05) is 13.2 Å². The van der Waals surface area contributed by atoms with Crippen LogP contribution in [0.15, 0.2) is 4.99 Å². The van der Waals surface area contributed by atoms with Crippen molar-refractivity contribution < 1.29 is 4.74 Å². The number of hydrogen-bond acceptors (Lipinski definition) is 2. The number of ether oxygens (including phenoxy) is 1. The van der Waals surface area contributed by atoms with Crippen molar-refractivity contribution in [1.29, 1.82) is 0 Å². The third-order valence-electron chi connectivity index (χ3n) is 2.94. The van der Waals surface area contributed by atoms with E-state index in [1.54, 1.807) is 0 Å². The molecule has 0 spiro atoms. The van der Waals surface area contributed by atoms with E-state index < -0.39 is 0 Å². The van der Waals surface area contributed by atoms with Gasteiger partial charge in [0.05, 0.1) is 6.54 Å². The Morgan fingerprint density at radius 2 is 1.29 bits per heavy atom. The van der Waals surface area contributed by atoms with Gasteiger partial charge >= 0.3 is 0 Å². The van der Waals surface area contributed by atoms with Gasteiger partial charge in [0.15, 0.2) is 6.40 Å². The summed E-state index contributed by atoms with van der Waals surface area (Å²) in [5.74, 6) is 0. The lowest BCUT2D eigenvalue weighted by Crippen LogP contribution is -1.80. The average molecular weight is 241 g/mol. The Balaban J connectivity index is 0.000000419. The number of hydrogen-bond donors (Lipinski definition) is 0. The molecule has 0 aliphatic carbocycles. The lowest BCUT2D eigenvalue weighted by molar-refractivity contribution is 0.361. The van der Waals surface area contributed by atoms with Crippen molar-refractivity contribution in [3.05, 3.63) is 0 Å². The van der Waals surface area contributed by atoms with Crippen molar-refractivity contribution >= 4 is 6.40 Å². The van der Waals surface area contributed by atoms with Crippen LogP contribution in [0.5, 0.6) is 0 Å². The van der Waals surface area contributed by atoms with Gasteiger partial charge in [0.1, 0.15) is 6.61 Å². The van der Waals surface area contributed by atoms with E-state index in [-0.39, 0.29) is 0 Å². The van der Waals surface area contributed by atoms with Crippen molar-refractivity contribution in [3.8, 4) is 0 Å². The number of rotatable bonds is 9. The van der Waals surface area contributed by atoms with Crippen LogP contribution in [0.1, 0.15) is 78.1 Å². The maximum atomic E-state index is 4.65. The van der Waals surface area contributed by atoms with Gasteiger partial charge < -0.3 is 4.74 Å². The molecule has 0 aromatic heterocycles. The first kappa shape index (κ1) is 16.5.